The quantitative estimate of drug-likeness (QED) is 0.899. The van der Waals surface area contributed by atoms with Gasteiger partial charge in [0, 0.05) is 41.4 Å². The Morgan fingerprint density at radius 3 is 2.75 bits per heavy atom. The summed E-state index contributed by atoms with van der Waals surface area (Å²) in [7, 11) is 2.29. The van der Waals surface area contributed by atoms with Gasteiger partial charge in [0.2, 0.25) is 0 Å². The highest BCUT2D eigenvalue weighted by Gasteiger charge is 2.35. The Labute approximate surface area is 130 Å². The van der Waals surface area contributed by atoms with E-state index in [1.807, 2.05) is 0 Å². The average molecular weight is 338 g/mol. The smallest absolute Gasteiger partial charge is 0.0415 e. The van der Waals surface area contributed by atoms with Gasteiger partial charge in [0.05, 0.1) is 0 Å². The van der Waals surface area contributed by atoms with Crippen molar-refractivity contribution in [3.8, 4) is 0 Å². The molecule has 3 rings (SSSR count). The van der Waals surface area contributed by atoms with Crippen LogP contribution in [0.3, 0.4) is 0 Å². The minimum absolute atomic E-state index is 0.0701. The van der Waals surface area contributed by atoms with Gasteiger partial charge in [-0.2, -0.15) is 0 Å². The lowest BCUT2D eigenvalue weighted by atomic mass is 10.0. The van der Waals surface area contributed by atoms with Crippen LogP contribution in [0.1, 0.15) is 37.8 Å². The molecule has 0 aromatic heterocycles. The van der Waals surface area contributed by atoms with Crippen LogP contribution >= 0.6 is 15.9 Å². The molecule has 0 radical (unpaired) electrons. The number of anilines is 1. The second-order valence-corrected chi connectivity index (χ2v) is 7.19. The molecule has 4 heteroatoms. The lowest BCUT2D eigenvalue weighted by Crippen LogP contribution is -2.37. The van der Waals surface area contributed by atoms with Crippen molar-refractivity contribution in [1.82, 2.24) is 4.90 Å². The number of fused-ring (bicyclic) bond motifs is 2. The second kappa shape index (κ2) is 5.66. The van der Waals surface area contributed by atoms with E-state index in [9.17, 15) is 0 Å². The molecular formula is C16H24BrN3. The van der Waals surface area contributed by atoms with E-state index in [1.54, 1.807) is 0 Å². The van der Waals surface area contributed by atoms with Crippen LogP contribution in [-0.2, 0) is 0 Å². The van der Waals surface area contributed by atoms with Crippen molar-refractivity contribution in [2.24, 2.45) is 5.73 Å². The number of benzene rings is 1. The minimum Gasteiger partial charge on any atom is -0.370 e. The number of halogens is 1. The van der Waals surface area contributed by atoms with Gasteiger partial charge in [-0.05, 0) is 57.0 Å². The highest BCUT2D eigenvalue weighted by atomic mass is 79.9. The zero-order chi connectivity index (χ0) is 14.3. The molecule has 2 aliphatic rings. The van der Waals surface area contributed by atoms with Crippen molar-refractivity contribution in [2.45, 2.75) is 44.3 Å². The molecule has 3 unspecified atom stereocenters. The van der Waals surface area contributed by atoms with Gasteiger partial charge in [0.15, 0.2) is 0 Å². The first-order valence-electron chi connectivity index (χ1n) is 7.58. The monoisotopic (exact) mass is 337 g/mol. The van der Waals surface area contributed by atoms with Crippen molar-refractivity contribution in [2.75, 3.05) is 25.0 Å². The van der Waals surface area contributed by atoms with Crippen LogP contribution in [0, 0.1) is 0 Å². The van der Waals surface area contributed by atoms with Crippen LogP contribution in [0.25, 0.3) is 0 Å². The Hall–Kier alpha value is -0.580. The molecule has 0 aliphatic carbocycles. The molecule has 3 atom stereocenters. The lowest BCUT2D eigenvalue weighted by Gasteiger charge is -2.30. The Morgan fingerprint density at radius 1 is 1.25 bits per heavy atom. The van der Waals surface area contributed by atoms with E-state index in [0.29, 0.717) is 6.04 Å². The number of hydrogen-bond donors (Lipinski definition) is 1. The molecule has 1 aromatic carbocycles. The van der Waals surface area contributed by atoms with E-state index in [1.165, 1.54) is 30.5 Å². The van der Waals surface area contributed by atoms with Crippen molar-refractivity contribution in [1.29, 1.82) is 0 Å². The summed E-state index contributed by atoms with van der Waals surface area (Å²) >= 11 is 3.56. The highest BCUT2D eigenvalue weighted by Crippen LogP contribution is 2.34. The molecule has 3 nitrogen and oxygen atoms in total. The summed E-state index contributed by atoms with van der Waals surface area (Å²) in [6.45, 7) is 4.35. The van der Waals surface area contributed by atoms with Gasteiger partial charge in [-0.1, -0.05) is 15.9 Å². The van der Waals surface area contributed by atoms with E-state index in [0.717, 1.165) is 23.6 Å². The number of hydrogen-bond acceptors (Lipinski definition) is 3. The van der Waals surface area contributed by atoms with Crippen LogP contribution in [0.15, 0.2) is 22.7 Å². The first-order chi connectivity index (χ1) is 9.56. The van der Waals surface area contributed by atoms with Crippen molar-refractivity contribution in [3.63, 3.8) is 0 Å². The molecule has 110 valence electrons. The number of likely N-dealkylation sites (N-methyl/N-ethyl adjacent to an activating group) is 1. The Balaban J connectivity index is 1.89. The molecule has 0 saturated carbocycles. The van der Waals surface area contributed by atoms with Crippen molar-refractivity contribution in [3.05, 3.63) is 28.2 Å². The molecule has 20 heavy (non-hydrogen) atoms. The standard InChI is InChI=1S/C16H24BrN3/c1-11(18)15-9-12(17)3-6-16(15)20-8-7-13-4-5-14(10-20)19(13)2/h3,6,9,11,13-14H,4-5,7-8,10,18H2,1-2H3. The van der Waals surface area contributed by atoms with Crippen LogP contribution in [0.2, 0.25) is 0 Å². The van der Waals surface area contributed by atoms with Crippen LogP contribution in [0.4, 0.5) is 5.69 Å². The maximum atomic E-state index is 6.17. The third kappa shape index (κ3) is 2.61. The molecule has 2 N–H and O–H groups in total. The highest BCUT2D eigenvalue weighted by molar-refractivity contribution is 9.10. The molecule has 0 spiro atoms. The van der Waals surface area contributed by atoms with E-state index < -0.39 is 0 Å². The third-order valence-corrected chi connectivity index (χ3v) is 5.46. The van der Waals surface area contributed by atoms with Gasteiger partial charge in [-0.15, -0.1) is 0 Å². The van der Waals surface area contributed by atoms with Crippen molar-refractivity contribution >= 4 is 21.6 Å². The van der Waals surface area contributed by atoms with Crippen LogP contribution in [-0.4, -0.2) is 37.1 Å². The number of nitrogens with two attached hydrogens (primary N) is 1. The molecule has 2 fully saturated rings. The zero-order valence-corrected chi connectivity index (χ0v) is 13.9. The summed E-state index contributed by atoms with van der Waals surface area (Å²) in [6.07, 6.45) is 3.97. The van der Waals surface area contributed by atoms with Gasteiger partial charge < -0.3 is 10.6 Å². The molecule has 1 aromatic rings. The normalized spacial score (nSPS) is 28.5. The topological polar surface area (TPSA) is 32.5 Å². The Kier molecular flexibility index (Phi) is 4.07. The van der Waals surface area contributed by atoms with Crippen LogP contribution < -0.4 is 10.6 Å². The molecular weight excluding hydrogens is 314 g/mol. The minimum atomic E-state index is 0.0701. The summed E-state index contributed by atoms with van der Waals surface area (Å²) in [6, 6.07) is 8.08. The summed E-state index contributed by atoms with van der Waals surface area (Å²) < 4.78 is 1.11. The second-order valence-electron chi connectivity index (χ2n) is 6.28. The Morgan fingerprint density at radius 2 is 2.00 bits per heavy atom. The van der Waals surface area contributed by atoms with E-state index in [4.69, 9.17) is 5.73 Å². The van der Waals surface area contributed by atoms with E-state index in [-0.39, 0.29) is 6.04 Å². The maximum absolute atomic E-state index is 6.17. The number of nitrogens with zero attached hydrogens (tertiary/aromatic N) is 2. The fourth-order valence-corrected chi connectivity index (χ4v) is 4.08. The van der Waals surface area contributed by atoms with Crippen molar-refractivity contribution < 1.29 is 0 Å². The van der Waals surface area contributed by atoms with E-state index >= 15 is 0 Å². The van der Waals surface area contributed by atoms with E-state index in [2.05, 4.69) is 57.9 Å². The lowest BCUT2D eigenvalue weighted by molar-refractivity contribution is 0.254. The third-order valence-electron chi connectivity index (χ3n) is 4.97. The average Bonchev–Trinajstić information content (AvgIpc) is 2.64. The maximum Gasteiger partial charge on any atom is 0.0415 e. The first-order valence-corrected chi connectivity index (χ1v) is 8.37. The number of rotatable bonds is 2. The first kappa shape index (κ1) is 14.4. The zero-order valence-electron chi connectivity index (χ0n) is 12.3. The molecule has 2 bridgehead atoms. The fraction of sp³-hybridized carbons (Fsp3) is 0.625. The molecule has 0 amide bonds. The van der Waals surface area contributed by atoms with Gasteiger partial charge in [0.1, 0.15) is 0 Å². The summed E-state index contributed by atoms with van der Waals surface area (Å²) in [5.74, 6) is 0. The largest absolute Gasteiger partial charge is 0.370 e. The van der Waals surface area contributed by atoms with Gasteiger partial charge in [-0.25, -0.2) is 0 Å². The summed E-state index contributed by atoms with van der Waals surface area (Å²) in [5, 5.41) is 0. The summed E-state index contributed by atoms with van der Waals surface area (Å²) in [4.78, 5) is 5.13. The summed E-state index contributed by atoms with van der Waals surface area (Å²) in [5.41, 5.74) is 8.75. The molecule has 2 saturated heterocycles. The SMILES string of the molecule is CC(N)c1cc(Br)ccc1N1CCC2CCC(C1)N2C. The van der Waals surface area contributed by atoms with Gasteiger partial charge in [-0.3, -0.25) is 4.90 Å². The predicted octanol–water partition coefficient (Wildman–Crippen LogP) is 3.14. The fourth-order valence-electron chi connectivity index (χ4n) is 3.71. The predicted molar refractivity (Wildman–Crippen MR) is 88.1 cm³/mol. The Bertz CT molecular complexity index is 489. The van der Waals surface area contributed by atoms with Gasteiger partial charge in [0.25, 0.3) is 0 Å². The molecule has 2 heterocycles. The van der Waals surface area contributed by atoms with Crippen LogP contribution in [0.5, 0.6) is 0 Å². The van der Waals surface area contributed by atoms with Gasteiger partial charge >= 0.3 is 0 Å². The molecule has 2 aliphatic heterocycles.